The van der Waals surface area contributed by atoms with Gasteiger partial charge in [0.15, 0.2) is 5.95 Å². The fourth-order valence-corrected chi connectivity index (χ4v) is 3.64. The monoisotopic (exact) mass is 358 g/mol. The molecule has 2 aromatic heterocycles. The number of nitrogens with zero attached hydrogens (tertiary/aromatic N) is 6. The van der Waals surface area contributed by atoms with E-state index in [0.717, 1.165) is 43.0 Å². The lowest BCUT2D eigenvalue weighted by Gasteiger charge is -2.31. The molecular formula is C16H19ClN8. The SMILES string of the molecule is Cc1nc(N)[nH]c1C1CCN(c2nnnn2-c2ccccc2Cl)CC1. The first-order chi connectivity index (χ1) is 12.1. The maximum Gasteiger partial charge on any atom is 0.250 e. The minimum Gasteiger partial charge on any atom is -0.369 e. The Morgan fingerprint density at radius 1 is 1.24 bits per heavy atom. The summed E-state index contributed by atoms with van der Waals surface area (Å²) in [4.78, 5) is 9.66. The van der Waals surface area contributed by atoms with Gasteiger partial charge in [0, 0.05) is 24.7 Å². The summed E-state index contributed by atoms with van der Waals surface area (Å²) in [5.74, 6) is 1.62. The Balaban J connectivity index is 1.53. The number of para-hydroxylation sites is 1. The predicted molar refractivity (Wildman–Crippen MR) is 96.1 cm³/mol. The first kappa shape index (κ1) is 15.9. The number of nitrogen functional groups attached to an aromatic ring is 1. The molecule has 0 atom stereocenters. The van der Waals surface area contributed by atoms with Crippen LogP contribution in [0.25, 0.3) is 5.69 Å². The van der Waals surface area contributed by atoms with Crippen molar-refractivity contribution in [3.63, 3.8) is 0 Å². The van der Waals surface area contributed by atoms with E-state index in [0.29, 0.717) is 22.8 Å². The highest BCUT2D eigenvalue weighted by Crippen LogP contribution is 2.31. The summed E-state index contributed by atoms with van der Waals surface area (Å²) in [7, 11) is 0. The van der Waals surface area contributed by atoms with Crippen LogP contribution >= 0.6 is 11.6 Å². The Morgan fingerprint density at radius 3 is 2.68 bits per heavy atom. The lowest BCUT2D eigenvalue weighted by atomic mass is 9.93. The molecule has 0 radical (unpaired) electrons. The molecule has 0 saturated carbocycles. The van der Waals surface area contributed by atoms with E-state index in [2.05, 4.69) is 30.4 Å². The smallest absolute Gasteiger partial charge is 0.250 e. The number of halogens is 1. The van der Waals surface area contributed by atoms with Gasteiger partial charge in [0.1, 0.15) is 0 Å². The number of rotatable bonds is 3. The summed E-state index contributed by atoms with van der Waals surface area (Å²) in [5, 5.41) is 12.8. The summed E-state index contributed by atoms with van der Waals surface area (Å²) in [6.45, 7) is 3.70. The number of aromatic amines is 1. The van der Waals surface area contributed by atoms with E-state index < -0.39 is 0 Å². The average Bonchev–Trinajstić information content (AvgIpc) is 3.22. The fourth-order valence-electron chi connectivity index (χ4n) is 3.42. The molecule has 8 nitrogen and oxygen atoms in total. The molecule has 25 heavy (non-hydrogen) atoms. The first-order valence-corrected chi connectivity index (χ1v) is 8.61. The van der Waals surface area contributed by atoms with Crippen LogP contribution in [0, 0.1) is 6.92 Å². The molecule has 3 aromatic rings. The van der Waals surface area contributed by atoms with Crippen molar-refractivity contribution in [1.82, 2.24) is 30.2 Å². The molecule has 0 unspecified atom stereocenters. The summed E-state index contributed by atoms with van der Waals surface area (Å²) >= 11 is 6.29. The van der Waals surface area contributed by atoms with Gasteiger partial charge in [-0.05, 0) is 42.3 Å². The maximum absolute atomic E-state index is 6.29. The summed E-state index contributed by atoms with van der Waals surface area (Å²) in [5.41, 5.74) is 8.68. The van der Waals surface area contributed by atoms with Gasteiger partial charge in [0.05, 0.1) is 16.4 Å². The minimum atomic E-state index is 0.422. The summed E-state index contributed by atoms with van der Waals surface area (Å²) < 4.78 is 1.70. The third kappa shape index (κ3) is 2.93. The van der Waals surface area contributed by atoms with Crippen molar-refractivity contribution in [3.05, 3.63) is 40.7 Å². The van der Waals surface area contributed by atoms with E-state index >= 15 is 0 Å². The molecular weight excluding hydrogens is 340 g/mol. The highest BCUT2D eigenvalue weighted by Gasteiger charge is 2.27. The molecule has 1 aliphatic heterocycles. The van der Waals surface area contributed by atoms with Crippen LogP contribution in [0.1, 0.15) is 30.1 Å². The Bertz CT molecular complexity index is 878. The van der Waals surface area contributed by atoms with Crippen LogP contribution in [0.2, 0.25) is 5.02 Å². The molecule has 130 valence electrons. The number of tetrazole rings is 1. The molecule has 0 aliphatic carbocycles. The standard InChI is InChI=1S/C16H19ClN8/c1-10-14(20-15(18)19-10)11-6-8-24(9-7-11)16-21-22-23-25(16)13-5-3-2-4-12(13)17/h2-5,11H,6-9H2,1H3,(H3,18,19,20). The van der Waals surface area contributed by atoms with E-state index in [1.54, 1.807) is 4.68 Å². The van der Waals surface area contributed by atoms with Gasteiger partial charge in [-0.25, -0.2) is 4.98 Å². The zero-order valence-electron chi connectivity index (χ0n) is 13.9. The summed E-state index contributed by atoms with van der Waals surface area (Å²) in [6.07, 6.45) is 1.97. The second-order valence-electron chi connectivity index (χ2n) is 6.22. The quantitative estimate of drug-likeness (QED) is 0.745. The molecule has 4 rings (SSSR count). The van der Waals surface area contributed by atoms with E-state index in [1.165, 1.54) is 0 Å². The molecule has 0 amide bonds. The van der Waals surface area contributed by atoms with Crippen LogP contribution in [-0.4, -0.2) is 43.3 Å². The van der Waals surface area contributed by atoms with Crippen LogP contribution in [0.15, 0.2) is 24.3 Å². The van der Waals surface area contributed by atoms with Gasteiger partial charge in [-0.1, -0.05) is 28.8 Å². The van der Waals surface area contributed by atoms with E-state index in [-0.39, 0.29) is 0 Å². The van der Waals surface area contributed by atoms with Crippen molar-refractivity contribution in [2.75, 3.05) is 23.7 Å². The van der Waals surface area contributed by atoms with Crippen molar-refractivity contribution < 1.29 is 0 Å². The Labute approximate surface area is 150 Å². The van der Waals surface area contributed by atoms with Crippen LogP contribution in [-0.2, 0) is 0 Å². The maximum atomic E-state index is 6.29. The van der Waals surface area contributed by atoms with Crippen molar-refractivity contribution in [3.8, 4) is 5.69 Å². The number of nitrogens with two attached hydrogens (primary N) is 1. The number of imidazole rings is 1. The van der Waals surface area contributed by atoms with Crippen molar-refractivity contribution >= 4 is 23.5 Å². The number of aryl methyl sites for hydroxylation is 1. The number of hydrogen-bond acceptors (Lipinski definition) is 6. The number of piperidine rings is 1. The highest BCUT2D eigenvalue weighted by molar-refractivity contribution is 6.32. The van der Waals surface area contributed by atoms with E-state index in [4.69, 9.17) is 17.3 Å². The number of nitrogens with one attached hydrogen (secondary N) is 1. The van der Waals surface area contributed by atoms with Crippen molar-refractivity contribution in [2.45, 2.75) is 25.7 Å². The molecule has 0 bridgehead atoms. The first-order valence-electron chi connectivity index (χ1n) is 8.23. The highest BCUT2D eigenvalue weighted by atomic mass is 35.5. The zero-order chi connectivity index (χ0) is 17.4. The molecule has 1 fully saturated rings. The molecule has 1 saturated heterocycles. The normalized spacial score (nSPS) is 15.7. The number of anilines is 2. The minimum absolute atomic E-state index is 0.422. The lowest BCUT2D eigenvalue weighted by Crippen LogP contribution is -2.35. The molecule has 3 heterocycles. The third-order valence-corrected chi connectivity index (χ3v) is 4.98. The van der Waals surface area contributed by atoms with Gasteiger partial charge in [-0.15, -0.1) is 0 Å². The Morgan fingerprint density at radius 2 is 2.00 bits per heavy atom. The number of hydrogen-bond donors (Lipinski definition) is 2. The van der Waals surface area contributed by atoms with Gasteiger partial charge in [0.25, 0.3) is 0 Å². The van der Waals surface area contributed by atoms with Crippen LogP contribution < -0.4 is 10.6 Å². The Kier molecular flexibility index (Phi) is 4.04. The number of aromatic nitrogens is 6. The number of H-pyrrole nitrogens is 1. The van der Waals surface area contributed by atoms with Gasteiger partial charge < -0.3 is 15.6 Å². The van der Waals surface area contributed by atoms with Crippen LogP contribution in [0.5, 0.6) is 0 Å². The van der Waals surface area contributed by atoms with Crippen LogP contribution in [0.4, 0.5) is 11.9 Å². The van der Waals surface area contributed by atoms with Crippen LogP contribution in [0.3, 0.4) is 0 Å². The van der Waals surface area contributed by atoms with Gasteiger partial charge in [-0.3, -0.25) is 0 Å². The lowest BCUT2D eigenvalue weighted by molar-refractivity contribution is 0.488. The van der Waals surface area contributed by atoms with Gasteiger partial charge in [-0.2, -0.15) is 4.68 Å². The molecule has 1 aromatic carbocycles. The number of benzene rings is 1. The molecule has 9 heteroatoms. The molecule has 3 N–H and O–H groups in total. The zero-order valence-corrected chi connectivity index (χ0v) is 14.6. The van der Waals surface area contributed by atoms with E-state index in [1.807, 2.05) is 31.2 Å². The van der Waals surface area contributed by atoms with Gasteiger partial charge >= 0.3 is 0 Å². The second-order valence-corrected chi connectivity index (χ2v) is 6.63. The molecule has 1 aliphatic rings. The average molecular weight is 359 g/mol. The third-order valence-electron chi connectivity index (χ3n) is 4.66. The summed E-state index contributed by atoms with van der Waals surface area (Å²) in [6, 6.07) is 7.55. The van der Waals surface area contributed by atoms with E-state index in [9.17, 15) is 0 Å². The predicted octanol–water partition coefficient (Wildman–Crippen LogP) is 2.31. The van der Waals surface area contributed by atoms with Crippen molar-refractivity contribution in [2.24, 2.45) is 0 Å². The van der Waals surface area contributed by atoms with Crippen molar-refractivity contribution in [1.29, 1.82) is 0 Å². The van der Waals surface area contributed by atoms with Gasteiger partial charge in [0.2, 0.25) is 5.95 Å². The topological polar surface area (TPSA) is 102 Å². The fraction of sp³-hybridized carbons (Fsp3) is 0.375. The largest absolute Gasteiger partial charge is 0.369 e. The second kappa shape index (κ2) is 6.36. The Hall–Kier alpha value is -2.61. The molecule has 0 spiro atoms.